The second-order valence-corrected chi connectivity index (χ2v) is 6.09. The zero-order valence-corrected chi connectivity index (χ0v) is 13.3. The van der Waals surface area contributed by atoms with E-state index in [0.29, 0.717) is 0 Å². The van der Waals surface area contributed by atoms with Crippen molar-refractivity contribution in [1.29, 1.82) is 0 Å². The summed E-state index contributed by atoms with van der Waals surface area (Å²) in [5.74, 6) is -0.142. The molecule has 2 nitrogen and oxygen atoms in total. The topological polar surface area (TPSA) is 15.3 Å². The lowest BCUT2D eigenvalue weighted by atomic mass is 9.96. The van der Waals surface area contributed by atoms with Gasteiger partial charge in [0.1, 0.15) is 5.82 Å². The summed E-state index contributed by atoms with van der Waals surface area (Å²) in [4.78, 5) is 2.34. The quantitative estimate of drug-likeness (QED) is 0.911. The van der Waals surface area contributed by atoms with Crippen LogP contribution in [0.1, 0.15) is 17.2 Å². The first-order chi connectivity index (χ1) is 10.3. The Bertz CT molecular complexity index is 566. The highest BCUT2D eigenvalue weighted by Gasteiger charge is 2.27. The van der Waals surface area contributed by atoms with E-state index < -0.39 is 0 Å². The molecular formula is C17H18BrFN2. The molecule has 1 unspecified atom stereocenters. The van der Waals surface area contributed by atoms with Gasteiger partial charge in [-0.3, -0.25) is 4.90 Å². The molecule has 1 aliphatic rings. The largest absolute Gasteiger partial charge is 0.314 e. The van der Waals surface area contributed by atoms with Crippen LogP contribution in [0.4, 0.5) is 4.39 Å². The van der Waals surface area contributed by atoms with Crippen LogP contribution < -0.4 is 5.32 Å². The second kappa shape index (κ2) is 6.69. The molecule has 4 heteroatoms. The van der Waals surface area contributed by atoms with Gasteiger partial charge in [-0.1, -0.05) is 52.3 Å². The Hall–Kier alpha value is -1.23. The smallest absolute Gasteiger partial charge is 0.128 e. The van der Waals surface area contributed by atoms with Gasteiger partial charge in [-0.25, -0.2) is 4.39 Å². The van der Waals surface area contributed by atoms with E-state index in [1.807, 2.05) is 30.3 Å². The molecule has 1 atom stereocenters. The van der Waals surface area contributed by atoms with Gasteiger partial charge in [-0.05, 0) is 17.7 Å². The summed E-state index contributed by atoms with van der Waals surface area (Å²) in [5.41, 5.74) is 1.86. The number of rotatable bonds is 3. The Morgan fingerprint density at radius 3 is 2.24 bits per heavy atom. The van der Waals surface area contributed by atoms with Crippen LogP contribution in [-0.2, 0) is 0 Å². The van der Waals surface area contributed by atoms with Gasteiger partial charge >= 0.3 is 0 Å². The molecule has 0 saturated carbocycles. The molecule has 0 radical (unpaired) electrons. The number of nitrogens with zero attached hydrogens (tertiary/aromatic N) is 1. The molecule has 2 aromatic rings. The predicted octanol–water partition coefficient (Wildman–Crippen LogP) is 3.58. The van der Waals surface area contributed by atoms with Gasteiger partial charge in [0.15, 0.2) is 0 Å². The maximum atomic E-state index is 14.4. The van der Waals surface area contributed by atoms with E-state index in [4.69, 9.17) is 0 Å². The van der Waals surface area contributed by atoms with Crippen LogP contribution in [-0.4, -0.2) is 31.1 Å². The zero-order valence-electron chi connectivity index (χ0n) is 11.7. The lowest BCUT2D eigenvalue weighted by molar-refractivity contribution is 0.195. The first-order valence-electron chi connectivity index (χ1n) is 7.21. The Morgan fingerprint density at radius 1 is 0.952 bits per heavy atom. The summed E-state index contributed by atoms with van der Waals surface area (Å²) in [6.07, 6.45) is 0. The molecule has 110 valence electrons. The van der Waals surface area contributed by atoms with Crippen LogP contribution >= 0.6 is 15.9 Å². The maximum absolute atomic E-state index is 14.4. The molecule has 1 N–H and O–H groups in total. The van der Waals surface area contributed by atoms with Gasteiger partial charge in [-0.15, -0.1) is 0 Å². The van der Waals surface area contributed by atoms with Crippen molar-refractivity contribution in [2.24, 2.45) is 0 Å². The number of hydrogen-bond donors (Lipinski definition) is 1. The highest BCUT2D eigenvalue weighted by molar-refractivity contribution is 9.10. The minimum absolute atomic E-state index is 0.0520. The Kier molecular flexibility index (Phi) is 4.68. The van der Waals surface area contributed by atoms with Crippen LogP contribution in [0.25, 0.3) is 0 Å². The molecule has 0 spiro atoms. The van der Waals surface area contributed by atoms with Crippen molar-refractivity contribution < 1.29 is 4.39 Å². The minimum Gasteiger partial charge on any atom is -0.314 e. The van der Waals surface area contributed by atoms with E-state index in [0.717, 1.165) is 41.8 Å². The van der Waals surface area contributed by atoms with Crippen LogP contribution in [0.5, 0.6) is 0 Å². The molecule has 1 aliphatic heterocycles. The fourth-order valence-electron chi connectivity index (χ4n) is 2.89. The van der Waals surface area contributed by atoms with Gasteiger partial charge in [0.2, 0.25) is 0 Å². The second-order valence-electron chi connectivity index (χ2n) is 5.23. The molecule has 2 aromatic carbocycles. The molecule has 0 bridgehead atoms. The summed E-state index contributed by atoms with van der Waals surface area (Å²) in [6.45, 7) is 3.71. The molecule has 1 saturated heterocycles. The fraction of sp³-hybridized carbons (Fsp3) is 0.294. The van der Waals surface area contributed by atoms with Gasteiger partial charge in [0, 0.05) is 36.2 Å². The van der Waals surface area contributed by atoms with Crippen LogP contribution in [0.2, 0.25) is 0 Å². The lowest BCUT2D eigenvalue weighted by Crippen LogP contribution is -2.45. The summed E-state index contributed by atoms with van der Waals surface area (Å²) in [6, 6.07) is 15.1. The molecule has 0 amide bonds. The van der Waals surface area contributed by atoms with Crippen molar-refractivity contribution in [3.05, 3.63) is 69.9 Å². The van der Waals surface area contributed by atoms with Crippen LogP contribution in [0, 0.1) is 5.82 Å². The van der Waals surface area contributed by atoms with E-state index >= 15 is 0 Å². The zero-order chi connectivity index (χ0) is 14.7. The summed E-state index contributed by atoms with van der Waals surface area (Å²) in [5, 5.41) is 3.35. The van der Waals surface area contributed by atoms with E-state index in [-0.39, 0.29) is 11.9 Å². The first-order valence-corrected chi connectivity index (χ1v) is 8.00. The normalized spacial score (nSPS) is 17.6. The fourth-order valence-corrected chi connectivity index (χ4v) is 3.40. The first kappa shape index (κ1) is 14.7. The predicted molar refractivity (Wildman–Crippen MR) is 86.8 cm³/mol. The molecular weight excluding hydrogens is 331 g/mol. The van der Waals surface area contributed by atoms with Crippen molar-refractivity contribution in [2.45, 2.75) is 6.04 Å². The summed E-state index contributed by atoms with van der Waals surface area (Å²) >= 11 is 3.62. The number of piperazine rings is 1. The third-order valence-corrected chi connectivity index (χ3v) is 4.64. The standard InChI is InChI=1S/C17H18BrFN2/c18-15-7-3-1-5-13(15)17(21-11-9-20-10-12-21)14-6-2-4-8-16(14)19/h1-8,17,20H,9-12H2. The van der Waals surface area contributed by atoms with Gasteiger partial charge in [0.25, 0.3) is 0 Å². The average molecular weight is 349 g/mol. The number of nitrogens with one attached hydrogen (secondary N) is 1. The molecule has 1 heterocycles. The molecule has 3 rings (SSSR count). The highest BCUT2D eigenvalue weighted by Crippen LogP contribution is 2.34. The minimum atomic E-state index is -0.142. The van der Waals surface area contributed by atoms with Crippen molar-refractivity contribution in [2.75, 3.05) is 26.2 Å². The number of benzene rings is 2. The molecule has 1 fully saturated rings. The Morgan fingerprint density at radius 2 is 1.57 bits per heavy atom. The van der Waals surface area contributed by atoms with Gasteiger partial charge in [-0.2, -0.15) is 0 Å². The van der Waals surface area contributed by atoms with Gasteiger partial charge in [0.05, 0.1) is 6.04 Å². The number of halogens is 2. The van der Waals surface area contributed by atoms with Crippen molar-refractivity contribution >= 4 is 15.9 Å². The average Bonchev–Trinajstić information content (AvgIpc) is 2.52. The van der Waals surface area contributed by atoms with Crippen molar-refractivity contribution in [3.8, 4) is 0 Å². The van der Waals surface area contributed by atoms with Gasteiger partial charge < -0.3 is 5.32 Å². The highest BCUT2D eigenvalue weighted by atomic mass is 79.9. The van der Waals surface area contributed by atoms with E-state index in [9.17, 15) is 4.39 Å². The Labute approximate surface area is 133 Å². The summed E-state index contributed by atoms with van der Waals surface area (Å²) < 4.78 is 15.4. The van der Waals surface area contributed by atoms with Crippen LogP contribution in [0.3, 0.4) is 0 Å². The van der Waals surface area contributed by atoms with E-state index in [1.54, 1.807) is 12.1 Å². The molecule has 0 aliphatic carbocycles. The van der Waals surface area contributed by atoms with Crippen molar-refractivity contribution in [3.63, 3.8) is 0 Å². The SMILES string of the molecule is Fc1ccccc1C(c1ccccc1Br)N1CCNCC1. The summed E-state index contributed by atoms with van der Waals surface area (Å²) in [7, 11) is 0. The lowest BCUT2D eigenvalue weighted by Gasteiger charge is -2.36. The van der Waals surface area contributed by atoms with E-state index in [1.165, 1.54) is 0 Å². The third-order valence-electron chi connectivity index (χ3n) is 3.92. The Balaban J connectivity index is 2.07. The molecule has 0 aromatic heterocycles. The van der Waals surface area contributed by atoms with Crippen LogP contribution in [0.15, 0.2) is 53.0 Å². The molecule has 21 heavy (non-hydrogen) atoms. The number of hydrogen-bond acceptors (Lipinski definition) is 2. The monoisotopic (exact) mass is 348 g/mol. The van der Waals surface area contributed by atoms with E-state index in [2.05, 4.69) is 32.2 Å². The maximum Gasteiger partial charge on any atom is 0.128 e. The van der Waals surface area contributed by atoms with Crippen molar-refractivity contribution in [1.82, 2.24) is 10.2 Å². The third kappa shape index (κ3) is 3.18.